The van der Waals surface area contributed by atoms with Crippen LogP contribution < -0.4 is 5.32 Å². The SMILES string of the molecule is CCn1cnnc1CCNc1ncc(Br)cn1. The van der Waals surface area contributed by atoms with Crippen molar-refractivity contribution in [2.24, 2.45) is 0 Å². The van der Waals surface area contributed by atoms with E-state index in [9.17, 15) is 0 Å². The zero-order valence-corrected chi connectivity index (χ0v) is 11.1. The van der Waals surface area contributed by atoms with Crippen molar-refractivity contribution in [3.05, 3.63) is 29.0 Å². The quantitative estimate of drug-likeness (QED) is 0.906. The van der Waals surface area contributed by atoms with Gasteiger partial charge in [-0.05, 0) is 22.9 Å². The summed E-state index contributed by atoms with van der Waals surface area (Å²) < 4.78 is 2.89. The van der Waals surface area contributed by atoms with Gasteiger partial charge in [-0.3, -0.25) is 0 Å². The van der Waals surface area contributed by atoms with Gasteiger partial charge in [-0.2, -0.15) is 0 Å². The summed E-state index contributed by atoms with van der Waals surface area (Å²) in [5.74, 6) is 1.59. The molecule has 90 valence electrons. The number of aryl methyl sites for hydroxylation is 1. The number of hydrogen-bond acceptors (Lipinski definition) is 5. The van der Waals surface area contributed by atoms with Crippen molar-refractivity contribution in [1.29, 1.82) is 0 Å². The van der Waals surface area contributed by atoms with Crippen molar-refractivity contribution in [3.63, 3.8) is 0 Å². The molecule has 0 saturated heterocycles. The number of nitrogens with zero attached hydrogens (tertiary/aromatic N) is 5. The fourth-order valence-electron chi connectivity index (χ4n) is 1.43. The maximum absolute atomic E-state index is 4.13. The Bertz CT molecular complexity index is 466. The van der Waals surface area contributed by atoms with Crippen molar-refractivity contribution in [2.45, 2.75) is 19.9 Å². The summed E-state index contributed by atoms with van der Waals surface area (Å²) in [5, 5.41) is 11.1. The predicted octanol–water partition coefficient (Wildman–Crippen LogP) is 1.51. The van der Waals surface area contributed by atoms with Crippen LogP contribution in [0.5, 0.6) is 0 Å². The van der Waals surface area contributed by atoms with Crippen LogP contribution in [0.2, 0.25) is 0 Å². The van der Waals surface area contributed by atoms with Crippen molar-refractivity contribution in [2.75, 3.05) is 11.9 Å². The molecule has 0 fully saturated rings. The Morgan fingerprint density at radius 1 is 1.35 bits per heavy atom. The molecule has 0 aliphatic carbocycles. The number of aromatic nitrogens is 5. The Labute approximate surface area is 108 Å². The molecule has 0 atom stereocenters. The summed E-state index contributed by atoms with van der Waals surface area (Å²) in [6.45, 7) is 3.69. The van der Waals surface area contributed by atoms with E-state index in [1.165, 1.54) is 0 Å². The van der Waals surface area contributed by atoms with Crippen molar-refractivity contribution >= 4 is 21.9 Å². The van der Waals surface area contributed by atoms with Gasteiger partial charge in [0.25, 0.3) is 0 Å². The summed E-state index contributed by atoms with van der Waals surface area (Å²) in [7, 11) is 0. The highest BCUT2D eigenvalue weighted by Gasteiger charge is 2.02. The second-order valence-electron chi connectivity index (χ2n) is 3.43. The van der Waals surface area contributed by atoms with E-state index in [-0.39, 0.29) is 0 Å². The van der Waals surface area contributed by atoms with E-state index in [2.05, 4.69) is 48.3 Å². The highest BCUT2D eigenvalue weighted by molar-refractivity contribution is 9.10. The second-order valence-corrected chi connectivity index (χ2v) is 4.35. The average molecular weight is 297 g/mol. The molecule has 6 nitrogen and oxygen atoms in total. The van der Waals surface area contributed by atoms with Crippen molar-refractivity contribution in [3.8, 4) is 0 Å². The van der Waals surface area contributed by atoms with Crippen LogP contribution in [0.4, 0.5) is 5.95 Å². The molecule has 2 heterocycles. The Kier molecular flexibility index (Phi) is 4.03. The Morgan fingerprint density at radius 2 is 2.12 bits per heavy atom. The fraction of sp³-hybridized carbons (Fsp3) is 0.400. The van der Waals surface area contributed by atoms with Crippen LogP contribution in [0.15, 0.2) is 23.2 Å². The molecule has 0 saturated carbocycles. The van der Waals surface area contributed by atoms with Crippen LogP contribution in [0.3, 0.4) is 0 Å². The van der Waals surface area contributed by atoms with Gasteiger partial charge >= 0.3 is 0 Å². The molecule has 0 radical (unpaired) electrons. The summed E-state index contributed by atoms with van der Waals surface area (Å²) in [5.41, 5.74) is 0. The van der Waals surface area contributed by atoms with Gasteiger partial charge in [0.05, 0.1) is 4.47 Å². The first-order valence-electron chi connectivity index (χ1n) is 5.37. The van der Waals surface area contributed by atoms with Crippen LogP contribution in [-0.4, -0.2) is 31.3 Å². The van der Waals surface area contributed by atoms with Gasteiger partial charge in [0.1, 0.15) is 12.2 Å². The van der Waals surface area contributed by atoms with E-state index in [0.29, 0.717) is 5.95 Å². The van der Waals surface area contributed by atoms with Gasteiger partial charge in [0, 0.05) is 31.9 Å². The van der Waals surface area contributed by atoms with Gasteiger partial charge in [-0.25, -0.2) is 9.97 Å². The Hall–Kier alpha value is -1.50. The number of nitrogens with one attached hydrogen (secondary N) is 1. The van der Waals surface area contributed by atoms with Crippen LogP contribution >= 0.6 is 15.9 Å². The standard InChI is InChI=1S/C10H13BrN6/c1-2-17-7-15-16-9(17)3-4-12-10-13-5-8(11)6-14-10/h5-7H,2-4H2,1H3,(H,12,13,14). The molecule has 0 unspecified atom stereocenters. The maximum atomic E-state index is 4.13. The largest absolute Gasteiger partial charge is 0.354 e. The predicted molar refractivity (Wildman–Crippen MR) is 67.6 cm³/mol. The summed E-state index contributed by atoms with van der Waals surface area (Å²) >= 11 is 3.29. The van der Waals surface area contributed by atoms with Gasteiger partial charge < -0.3 is 9.88 Å². The van der Waals surface area contributed by atoms with E-state index in [0.717, 1.165) is 29.8 Å². The minimum atomic E-state index is 0.621. The van der Waals surface area contributed by atoms with Crippen LogP contribution in [0, 0.1) is 0 Å². The summed E-state index contributed by atoms with van der Waals surface area (Å²) in [6.07, 6.45) is 5.96. The van der Waals surface area contributed by atoms with Gasteiger partial charge in [-0.15, -0.1) is 10.2 Å². The molecule has 1 N–H and O–H groups in total. The maximum Gasteiger partial charge on any atom is 0.222 e. The van der Waals surface area contributed by atoms with Gasteiger partial charge in [0.15, 0.2) is 0 Å². The lowest BCUT2D eigenvalue weighted by Crippen LogP contribution is -2.11. The summed E-state index contributed by atoms with van der Waals surface area (Å²) in [4.78, 5) is 8.26. The topological polar surface area (TPSA) is 68.5 Å². The normalized spacial score (nSPS) is 10.5. The lowest BCUT2D eigenvalue weighted by molar-refractivity contribution is 0.697. The zero-order valence-electron chi connectivity index (χ0n) is 9.47. The molecular weight excluding hydrogens is 284 g/mol. The van der Waals surface area contributed by atoms with E-state index < -0.39 is 0 Å². The fourth-order valence-corrected chi connectivity index (χ4v) is 1.63. The highest BCUT2D eigenvalue weighted by Crippen LogP contribution is 2.06. The average Bonchev–Trinajstić information content (AvgIpc) is 2.79. The molecular formula is C10H13BrN6. The smallest absolute Gasteiger partial charge is 0.222 e. The van der Waals surface area contributed by atoms with E-state index in [1.54, 1.807) is 18.7 Å². The van der Waals surface area contributed by atoms with Crippen LogP contribution in [0.1, 0.15) is 12.7 Å². The first kappa shape index (κ1) is 12.0. The molecule has 0 aliphatic heterocycles. The second kappa shape index (κ2) is 5.72. The number of hydrogen-bond donors (Lipinski definition) is 1. The number of anilines is 1. The minimum Gasteiger partial charge on any atom is -0.354 e. The number of rotatable bonds is 5. The molecule has 2 rings (SSSR count). The third kappa shape index (κ3) is 3.23. The highest BCUT2D eigenvalue weighted by atomic mass is 79.9. The van der Waals surface area contributed by atoms with E-state index in [4.69, 9.17) is 0 Å². The Balaban J connectivity index is 1.85. The van der Waals surface area contributed by atoms with Gasteiger partial charge in [-0.1, -0.05) is 0 Å². The van der Waals surface area contributed by atoms with Crippen molar-refractivity contribution < 1.29 is 0 Å². The first-order valence-corrected chi connectivity index (χ1v) is 6.17. The summed E-state index contributed by atoms with van der Waals surface area (Å²) in [6, 6.07) is 0. The molecule has 0 spiro atoms. The number of halogens is 1. The first-order chi connectivity index (χ1) is 8.29. The van der Waals surface area contributed by atoms with E-state index >= 15 is 0 Å². The molecule has 0 amide bonds. The molecule has 2 aromatic heterocycles. The monoisotopic (exact) mass is 296 g/mol. The van der Waals surface area contributed by atoms with E-state index in [1.807, 2.05) is 4.57 Å². The lowest BCUT2D eigenvalue weighted by Gasteiger charge is -2.05. The third-order valence-electron chi connectivity index (χ3n) is 2.29. The zero-order chi connectivity index (χ0) is 12.1. The van der Waals surface area contributed by atoms with Gasteiger partial charge in [0.2, 0.25) is 5.95 Å². The molecule has 0 aromatic carbocycles. The lowest BCUT2D eigenvalue weighted by atomic mass is 10.4. The third-order valence-corrected chi connectivity index (χ3v) is 2.70. The van der Waals surface area contributed by atoms with Crippen LogP contribution in [-0.2, 0) is 13.0 Å². The van der Waals surface area contributed by atoms with Crippen molar-refractivity contribution in [1.82, 2.24) is 24.7 Å². The Morgan fingerprint density at radius 3 is 2.82 bits per heavy atom. The minimum absolute atomic E-state index is 0.621. The molecule has 2 aromatic rings. The molecule has 0 aliphatic rings. The van der Waals surface area contributed by atoms with Crippen LogP contribution in [0.25, 0.3) is 0 Å². The molecule has 0 bridgehead atoms. The molecule has 7 heteroatoms. The molecule has 17 heavy (non-hydrogen) atoms.